The molecule has 1 heterocycles. The number of halogens is 1. The minimum Gasteiger partial charge on any atom is -0.326 e. The summed E-state index contributed by atoms with van der Waals surface area (Å²) in [6, 6.07) is 6.70. The van der Waals surface area contributed by atoms with Crippen LogP contribution >= 0.6 is 11.3 Å². The molecule has 0 spiro atoms. The standard InChI is InChI=1S/C13H15FN2S/c1-8(2)12-11(7-15)17-13(16-12)9-5-3-4-6-10(9)14/h3-6,8H,7,15H2,1-2H3. The van der Waals surface area contributed by atoms with Gasteiger partial charge in [0, 0.05) is 17.0 Å². The Balaban J connectivity index is 2.51. The molecule has 2 nitrogen and oxygen atoms in total. The summed E-state index contributed by atoms with van der Waals surface area (Å²) in [5, 5.41) is 0.715. The molecule has 0 unspecified atom stereocenters. The van der Waals surface area contributed by atoms with Crippen molar-refractivity contribution < 1.29 is 4.39 Å². The van der Waals surface area contributed by atoms with Gasteiger partial charge < -0.3 is 5.73 Å². The molecule has 0 amide bonds. The van der Waals surface area contributed by atoms with Crippen LogP contribution in [0.5, 0.6) is 0 Å². The number of rotatable bonds is 3. The van der Waals surface area contributed by atoms with E-state index in [1.54, 1.807) is 12.1 Å². The highest BCUT2D eigenvalue weighted by molar-refractivity contribution is 7.15. The first-order valence-electron chi connectivity index (χ1n) is 5.58. The van der Waals surface area contributed by atoms with Gasteiger partial charge in [-0.2, -0.15) is 0 Å². The smallest absolute Gasteiger partial charge is 0.133 e. The lowest BCUT2D eigenvalue weighted by molar-refractivity contribution is 0.631. The van der Waals surface area contributed by atoms with Crippen molar-refractivity contribution in [3.63, 3.8) is 0 Å². The summed E-state index contributed by atoms with van der Waals surface area (Å²) in [5.74, 6) is 0.0745. The van der Waals surface area contributed by atoms with E-state index >= 15 is 0 Å². The average Bonchev–Trinajstić information content (AvgIpc) is 2.73. The second-order valence-electron chi connectivity index (χ2n) is 4.17. The van der Waals surface area contributed by atoms with Gasteiger partial charge in [-0.15, -0.1) is 11.3 Å². The van der Waals surface area contributed by atoms with Gasteiger partial charge in [-0.25, -0.2) is 9.37 Å². The normalized spacial score (nSPS) is 11.1. The summed E-state index contributed by atoms with van der Waals surface area (Å²) in [7, 11) is 0. The zero-order valence-corrected chi connectivity index (χ0v) is 10.7. The van der Waals surface area contributed by atoms with E-state index < -0.39 is 0 Å². The van der Waals surface area contributed by atoms with E-state index in [-0.39, 0.29) is 5.82 Å². The van der Waals surface area contributed by atoms with Crippen molar-refractivity contribution in [2.24, 2.45) is 5.73 Å². The third-order valence-electron chi connectivity index (χ3n) is 2.56. The third kappa shape index (κ3) is 2.37. The highest BCUT2D eigenvalue weighted by Gasteiger charge is 2.15. The molecule has 0 saturated heterocycles. The molecule has 0 aliphatic carbocycles. The fourth-order valence-corrected chi connectivity index (χ4v) is 2.83. The van der Waals surface area contributed by atoms with E-state index in [2.05, 4.69) is 18.8 Å². The summed E-state index contributed by atoms with van der Waals surface area (Å²) < 4.78 is 13.7. The fraction of sp³-hybridized carbons (Fsp3) is 0.308. The lowest BCUT2D eigenvalue weighted by Gasteiger charge is -2.01. The van der Waals surface area contributed by atoms with E-state index in [9.17, 15) is 4.39 Å². The van der Waals surface area contributed by atoms with Gasteiger partial charge in [0.15, 0.2) is 0 Å². The number of aromatic nitrogens is 1. The Kier molecular flexibility index (Phi) is 3.54. The Bertz CT molecular complexity index is 520. The van der Waals surface area contributed by atoms with Crippen molar-refractivity contribution in [3.8, 4) is 10.6 Å². The van der Waals surface area contributed by atoms with E-state index in [0.29, 0.717) is 23.0 Å². The van der Waals surface area contributed by atoms with Crippen molar-refractivity contribution in [3.05, 3.63) is 40.7 Å². The van der Waals surface area contributed by atoms with Crippen molar-refractivity contribution in [1.29, 1.82) is 0 Å². The van der Waals surface area contributed by atoms with Crippen molar-refractivity contribution in [2.75, 3.05) is 0 Å². The van der Waals surface area contributed by atoms with Gasteiger partial charge in [0.1, 0.15) is 10.8 Å². The number of thiazole rings is 1. The number of nitrogens with two attached hydrogens (primary N) is 1. The average molecular weight is 250 g/mol. The summed E-state index contributed by atoms with van der Waals surface area (Å²) in [6.07, 6.45) is 0. The molecule has 0 radical (unpaired) electrons. The number of hydrogen-bond acceptors (Lipinski definition) is 3. The predicted octanol–water partition coefficient (Wildman–Crippen LogP) is 3.53. The van der Waals surface area contributed by atoms with Crippen molar-refractivity contribution >= 4 is 11.3 Å². The second-order valence-corrected chi connectivity index (χ2v) is 5.25. The summed E-state index contributed by atoms with van der Waals surface area (Å²) in [5.41, 5.74) is 7.23. The van der Waals surface area contributed by atoms with Gasteiger partial charge in [-0.05, 0) is 18.1 Å². The number of nitrogens with zero attached hydrogens (tertiary/aromatic N) is 1. The molecule has 2 aromatic rings. The maximum absolute atomic E-state index is 13.7. The first-order valence-corrected chi connectivity index (χ1v) is 6.39. The number of benzene rings is 1. The highest BCUT2D eigenvalue weighted by Crippen LogP contribution is 2.32. The van der Waals surface area contributed by atoms with Gasteiger partial charge in [-0.3, -0.25) is 0 Å². The summed E-state index contributed by atoms with van der Waals surface area (Å²) in [4.78, 5) is 5.55. The van der Waals surface area contributed by atoms with Crippen LogP contribution in [0.4, 0.5) is 4.39 Å². The van der Waals surface area contributed by atoms with Crippen molar-refractivity contribution in [2.45, 2.75) is 26.3 Å². The summed E-state index contributed by atoms with van der Waals surface area (Å²) >= 11 is 1.48. The SMILES string of the molecule is CC(C)c1nc(-c2ccccc2F)sc1CN. The van der Waals surface area contributed by atoms with Crippen LogP contribution in [0, 0.1) is 5.82 Å². The highest BCUT2D eigenvalue weighted by atomic mass is 32.1. The van der Waals surface area contributed by atoms with E-state index in [4.69, 9.17) is 5.73 Å². The monoisotopic (exact) mass is 250 g/mol. The minimum atomic E-state index is -0.236. The van der Waals surface area contributed by atoms with Gasteiger partial charge in [0.25, 0.3) is 0 Å². The van der Waals surface area contributed by atoms with Crippen molar-refractivity contribution in [1.82, 2.24) is 4.98 Å². The maximum Gasteiger partial charge on any atom is 0.133 e. The van der Waals surface area contributed by atoms with Crippen LogP contribution in [0.1, 0.15) is 30.3 Å². The molecule has 1 aromatic heterocycles. The summed E-state index contributed by atoms with van der Waals surface area (Å²) in [6.45, 7) is 4.60. The van der Waals surface area contributed by atoms with Crippen LogP contribution in [0.2, 0.25) is 0 Å². The van der Waals surface area contributed by atoms with E-state index in [0.717, 1.165) is 10.6 Å². The Labute approximate surface area is 104 Å². The van der Waals surface area contributed by atoms with Crippen LogP contribution in [0.15, 0.2) is 24.3 Å². The van der Waals surface area contributed by atoms with Crippen LogP contribution in [0.3, 0.4) is 0 Å². The minimum absolute atomic E-state index is 0.236. The molecule has 0 atom stereocenters. The van der Waals surface area contributed by atoms with E-state index in [1.807, 2.05) is 6.07 Å². The lowest BCUT2D eigenvalue weighted by Crippen LogP contribution is -1.99. The molecular weight excluding hydrogens is 235 g/mol. The molecule has 90 valence electrons. The maximum atomic E-state index is 13.7. The molecule has 0 saturated carbocycles. The third-order valence-corrected chi connectivity index (χ3v) is 3.69. The largest absolute Gasteiger partial charge is 0.326 e. The Morgan fingerprint density at radius 2 is 2.06 bits per heavy atom. The van der Waals surface area contributed by atoms with Crippen LogP contribution < -0.4 is 5.73 Å². The van der Waals surface area contributed by atoms with Crippen LogP contribution in [-0.2, 0) is 6.54 Å². The molecule has 4 heteroatoms. The zero-order chi connectivity index (χ0) is 12.4. The van der Waals surface area contributed by atoms with Gasteiger partial charge >= 0.3 is 0 Å². The topological polar surface area (TPSA) is 38.9 Å². The van der Waals surface area contributed by atoms with Gasteiger partial charge in [0.2, 0.25) is 0 Å². The van der Waals surface area contributed by atoms with Crippen LogP contribution in [0.25, 0.3) is 10.6 Å². The molecular formula is C13H15FN2S. The van der Waals surface area contributed by atoms with Gasteiger partial charge in [-0.1, -0.05) is 26.0 Å². The quantitative estimate of drug-likeness (QED) is 0.905. The second kappa shape index (κ2) is 4.94. The predicted molar refractivity (Wildman–Crippen MR) is 69.5 cm³/mol. The lowest BCUT2D eigenvalue weighted by atomic mass is 10.1. The molecule has 2 N–H and O–H groups in total. The molecule has 0 fully saturated rings. The fourth-order valence-electron chi connectivity index (χ4n) is 1.71. The number of hydrogen-bond donors (Lipinski definition) is 1. The Hall–Kier alpha value is -1.26. The van der Waals surface area contributed by atoms with Crippen LogP contribution in [-0.4, -0.2) is 4.98 Å². The molecule has 1 aromatic carbocycles. The first kappa shape index (κ1) is 12.2. The molecule has 17 heavy (non-hydrogen) atoms. The van der Waals surface area contributed by atoms with Gasteiger partial charge in [0.05, 0.1) is 5.69 Å². The van der Waals surface area contributed by atoms with E-state index in [1.165, 1.54) is 17.4 Å². The molecule has 0 aliphatic rings. The molecule has 0 bridgehead atoms. The Morgan fingerprint density at radius 1 is 1.35 bits per heavy atom. The Morgan fingerprint density at radius 3 is 2.59 bits per heavy atom. The molecule has 0 aliphatic heterocycles. The molecule has 2 rings (SSSR count). The zero-order valence-electron chi connectivity index (χ0n) is 9.90. The first-order chi connectivity index (χ1) is 8.13.